The summed E-state index contributed by atoms with van der Waals surface area (Å²) in [5.74, 6) is 0.230. The molecule has 2 rings (SSSR count). The summed E-state index contributed by atoms with van der Waals surface area (Å²) >= 11 is 1.51. The first-order chi connectivity index (χ1) is 9.49. The van der Waals surface area contributed by atoms with Crippen molar-refractivity contribution in [1.29, 1.82) is 0 Å². The van der Waals surface area contributed by atoms with Crippen molar-refractivity contribution in [3.05, 3.63) is 16.1 Å². The number of sulfonamides is 1. The number of unbranched alkanes of at least 4 members (excludes halogenated alkanes) is 1. The van der Waals surface area contributed by atoms with Crippen molar-refractivity contribution in [2.24, 2.45) is 0 Å². The summed E-state index contributed by atoms with van der Waals surface area (Å²) in [6.45, 7) is 3.27. The molecule has 0 saturated heterocycles. The first-order valence-corrected chi connectivity index (χ1v) is 9.54. The quantitative estimate of drug-likeness (QED) is 0.705. The largest absolute Gasteiger partial charge is 0.314 e. The molecule has 0 aromatic carbocycles. The minimum Gasteiger partial charge on any atom is -0.314 e. The third kappa shape index (κ3) is 4.80. The Hall–Kier alpha value is -0.500. The number of aromatic nitrogens is 1. The van der Waals surface area contributed by atoms with Crippen molar-refractivity contribution in [3.8, 4) is 0 Å². The average Bonchev–Trinajstić information content (AvgIpc) is 3.13. The summed E-state index contributed by atoms with van der Waals surface area (Å²) in [7, 11) is -1.50. The van der Waals surface area contributed by atoms with E-state index in [4.69, 9.17) is 0 Å². The summed E-state index contributed by atoms with van der Waals surface area (Å²) in [4.78, 5) is 5.17. The van der Waals surface area contributed by atoms with Gasteiger partial charge in [0, 0.05) is 24.5 Å². The fourth-order valence-corrected chi connectivity index (χ4v) is 4.06. The lowest BCUT2D eigenvalue weighted by Crippen LogP contribution is -2.29. The van der Waals surface area contributed by atoms with Crippen molar-refractivity contribution in [2.75, 3.05) is 19.3 Å². The standard InChI is InChI=1S/C13H23N3O2S2/c1-11-13(19-10-15-11)9-16(2)20(17,18)8-4-3-7-14-12-5-6-12/h10,12,14H,3-9H2,1-2H3. The highest BCUT2D eigenvalue weighted by molar-refractivity contribution is 7.89. The lowest BCUT2D eigenvalue weighted by Gasteiger charge is -2.16. The highest BCUT2D eigenvalue weighted by atomic mass is 32.2. The van der Waals surface area contributed by atoms with Crippen molar-refractivity contribution in [1.82, 2.24) is 14.6 Å². The molecule has 0 radical (unpaired) electrons. The summed E-state index contributed by atoms with van der Waals surface area (Å²) < 4.78 is 25.8. The van der Waals surface area contributed by atoms with E-state index in [0.717, 1.165) is 23.5 Å². The molecule has 0 amide bonds. The lowest BCUT2D eigenvalue weighted by atomic mass is 10.3. The summed E-state index contributed by atoms with van der Waals surface area (Å²) in [6, 6.07) is 0.698. The number of rotatable bonds is 9. The summed E-state index contributed by atoms with van der Waals surface area (Å²) in [6.07, 6.45) is 4.18. The molecule has 114 valence electrons. The Morgan fingerprint density at radius 3 is 2.80 bits per heavy atom. The Balaban J connectivity index is 1.72. The number of thiazole rings is 1. The smallest absolute Gasteiger partial charge is 0.214 e. The normalized spacial score (nSPS) is 15.9. The van der Waals surface area contributed by atoms with E-state index >= 15 is 0 Å². The van der Waals surface area contributed by atoms with E-state index in [1.807, 2.05) is 6.92 Å². The third-order valence-electron chi connectivity index (χ3n) is 3.53. The van der Waals surface area contributed by atoms with Gasteiger partial charge in [0.15, 0.2) is 0 Å². The van der Waals surface area contributed by atoms with Crippen LogP contribution in [-0.4, -0.2) is 43.1 Å². The third-order valence-corrected chi connectivity index (χ3v) is 6.33. The van der Waals surface area contributed by atoms with Gasteiger partial charge in [-0.2, -0.15) is 4.31 Å². The second kappa shape index (κ2) is 6.98. The van der Waals surface area contributed by atoms with Gasteiger partial charge >= 0.3 is 0 Å². The molecule has 0 unspecified atom stereocenters. The van der Waals surface area contributed by atoms with Gasteiger partial charge in [-0.05, 0) is 39.2 Å². The van der Waals surface area contributed by atoms with Crippen LogP contribution in [0, 0.1) is 6.92 Å². The number of nitrogens with zero attached hydrogens (tertiary/aromatic N) is 2. The Kier molecular flexibility index (Phi) is 5.54. The number of hydrogen-bond acceptors (Lipinski definition) is 5. The maximum absolute atomic E-state index is 12.2. The minimum absolute atomic E-state index is 0.230. The minimum atomic E-state index is -3.15. The van der Waals surface area contributed by atoms with E-state index in [2.05, 4.69) is 10.3 Å². The molecular weight excluding hydrogens is 294 g/mol. The van der Waals surface area contributed by atoms with Crippen LogP contribution in [-0.2, 0) is 16.6 Å². The van der Waals surface area contributed by atoms with Crippen LogP contribution in [0.1, 0.15) is 36.3 Å². The Labute approximate surface area is 125 Å². The predicted octanol–water partition coefficient (Wildman–Crippen LogP) is 1.75. The monoisotopic (exact) mass is 317 g/mol. The first-order valence-electron chi connectivity index (χ1n) is 7.05. The van der Waals surface area contributed by atoms with Crippen molar-refractivity contribution < 1.29 is 8.42 Å². The molecule has 1 heterocycles. The molecule has 1 aliphatic rings. The molecule has 20 heavy (non-hydrogen) atoms. The Morgan fingerprint density at radius 1 is 1.45 bits per heavy atom. The maximum atomic E-state index is 12.2. The van der Waals surface area contributed by atoms with Gasteiger partial charge in [-0.15, -0.1) is 11.3 Å². The van der Waals surface area contributed by atoms with Crippen molar-refractivity contribution in [2.45, 2.75) is 45.2 Å². The van der Waals surface area contributed by atoms with Crippen LogP contribution in [0.3, 0.4) is 0 Å². The molecule has 0 bridgehead atoms. The summed E-state index contributed by atoms with van der Waals surface area (Å²) in [5, 5.41) is 3.40. The highest BCUT2D eigenvalue weighted by Gasteiger charge is 2.21. The van der Waals surface area contributed by atoms with Gasteiger partial charge in [0.25, 0.3) is 0 Å². The molecule has 1 saturated carbocycles. The van der Waals surface area contributed by atoms with Gasteiger partial charge in [-0.25, -0.2) is 13.4 Å². The van der Waals surface area contributed by atoms with Gasteiger partial charge in [-0.1, -0.05) is 0 Å². The number of aryl methyl sites for hydroxylation is 1. The van der Waals surface area contributed by atoms with E-state index in [1.54, 1.807) is 12.6 Å². The molecule has 1 aliphatic carbocycles. The molecule has 0 spiro atoms. The topological polar surface area (TPSA) is 62.3 Å². The molecule has 7 heteroatoms. The van der Waals surface area contributed by atoms with Crippen molar-refractivity contribution >= 4 is 21.4 Å². The zero-order chi connectivity index (χ0) is 14.6. The number of hydrogen-bond donors (Lipinski definition) is 1. The SMILES string of the molecule is Cc1ncsc1CN(C)S(=O)(=O)CCCCNC1CC1. The molecule has 0 atom stereocenters. The summed E-state index contributed by atoms with van der Waals surface area (Å²) in [5.41, 5.74) is 2.68. The van der Waals surface area contributed by atoms with Gasteiger partial charge < -0.3 is 5.32 Å². The zero-order valence-electron chi connectivity index (χ0n) is 12.1. The van der Waals surface area contributed by atoms with E-state index < -0.39 is 10.0 Å². The average molecular weight is 317 g/mol. The van der Waals surface area contributed by atoms with Crippen LogP contribution in [0.4, 0.5) is 0 Å². The van der Waals surface area contributed by atoms with Gasteiger partial charge in [-0.3, -0.25) is 0 Å². The van der Waals surface area contributed by atoms with Crippen LogP contribution in [0.2, 0.25) is 0 Å². The fraction of sp³-hybridized carbons (Fsp3) is 0.769. The first kappa shape index (κ1) is 15.9. The molecule has 1 N–H and O–H groups in total. The molecule has 1 fully saturated rings. The molecular formula is C13H23N3O2S2. The van der Waals surface area contributed by atoms with Crippen molar-refractivity contribution in [3.63, 3.8) is 0 Å². The molecule has 1 aromatic rings. The Morgan fingerprint density at radius 2 is 2.20 bits per heavy atom. The van der Waals surface area contributed by atoms with E-state index in [9.17, 15) is 8.42 Å². The van der Waals surface area contributed by atoms with Crippen LogP contribution in [0.5, 0.6) is 0 Å². The Bertz CT molecular complexity index is 523. The van der Waals surface area contributed by atoms with Crippen LogP contribution in [0.25, 0.3) is 0 Å². The molecule has 1 aromatic heterocycles. The predicted molar refractivity (Wildman–Crippen MR) is 82.4 cm³/mol. The van der Waals surface area contributed by atoms with Crippen LogP contribution in [0.15, 0.2) is 5.51 Å². The van der Waals surface area contributed by atoms with Gasteiger partial charge in [0.05, 0.1) is 17.0 Å². The molecule has 5 nitrogen and oxygen atoms in total. The van der Waals surface area contributed by atoms with Gasteiger partial charge in [0.2, 0.25) is 10.0 Å². The second-order valence-electron chi connectivity index (χ2n) is 5.37. The second-order valence-corrected chi connectivity index (χ2v) is 8.50. The molecule has 0 aliphatic heterocycles. The highest BCUT2D eigenvalue weighted by Crippen LogP contribution is 2.19. The van der Waals surface area contributed by atoms with Crippen LogP contribution < -0.4 is 5.32 Å². The van der Waals surface area contributed by atoms with Gasteiger partial charge in [0.1, 0.15) is 0 Å². The van der Waals surface area contributed by atoms with E-state index in [-0.39, 0.29) is 5.75 Å². The maximum Gasteiger partial charge on any atom is 0.214 e. The van der Waals surface area contributed by atoms with E-state index in [1.165, 1.54) is 28.5 Å². The lowest BCUT2D eigenvalue weighted by molar-refractivity contribution is 0.466. The zero-order valence-corrected chi connectivity index (χ0v) is 13.8. The fourth-order valence-electron chi connectivity index (χ4n) is 1.94. The van der Waals surface area contributed by atoms with Crippen LogP contribution >= 0.6 is 11.3 Å². The number of nitrogens with one attached hydrogen (secondary N) is 1. The van der Waals surface area contributed by atoms with E-state index in [0.29, 0.717) is 19.0 Å².